The van der Waals surface area contributed by atoms with E-state index in [1.54, 1.807) is 24.3 Å². The first-order chi connectivity index (χ1) is 13.4. The summed E-state index contributed by atoms with van der Waals surface area (Å²) < 4.78 is 83.4. The van der Waals surface area contributed by atoms with Gasteiger partial charge in [0.15, 0.2) is 19.0 Å². The highest BCUT2D eigenvalue weighted by molar-refractivity contribution is 6.08. The Morgan fingerprint density at radius 3 is 2.07 bits per heavy atom. The summed E-state index contributed by atoms with van der Waals surface area (Å²) in [5.74, 6) is -1.49. The van der Waals surface area contributed by atoms with Crippen LogP contribution in [0.3, 0.4) is 0 Å². The molecule has 156 valence electrons. The zero-order valence-electron chi connectivity index (χ0n) is 15.1. The van der Waals surface area contributed by atoms with Crippen LogP contribution in [0.15, 0.2) is 48.5 Å². The fraction of sp³-hybridized carbons (Fsp3) is 0.250. The van der Waals surface area contributed by atoms with Gasteiger partial charge in [-0.3, -0.25) is 4.79 Å². The van der Waals surface area contributed by atoms with Gasteiger partial charge in [-0.15, -0.1) is 0 Å². The molecule has 3 nitrogen and oxygen atoms in total. The van der Waals surface area contributed by atoms with Gasteiger partial charge < -0.3 is 9.47 Å². The first-order valence-corrected chi connectivity index (χ1v) is 8.25. The number of ketones is 1. The summed E-state index contributed by atoms with van der Waals surface area (Å²) in [5.41, 5.74) is 1.30. The van der Waals surface area contributed by atoms with Gasteiger partial charge in [0.2, 0.25) is 0 Å². The van der Waals surface area contributed by atoms with Crippen molar-refractivity contribution in [1.29, 1.82) is 0 Å². The molecule has 0 aliphatic heterocycles. The van der Waals surface area contributed by atoms with E-state index < -0.39 is 37.1 Å². The molecular formula is C20H16F6O3. The molecule has 0 amide bonds. The molecule has 0 spiro atoms. The van der Waals surface area contributed by atoms with Crippen molar-refractivity contribution in [3.05, 3.63) is 65.2 Å². The SMILES string of the molecule is Cc1ccc(/C=C/C(=O)c2cc(OCC(F)(F)F)ccc2OCC(F)(F)F)cc1. The third-order valence-electron chi connectivity index (χ3n) is 3.51. The molecule has 0 aliphatic rings. The molecule has 0 radical (unpaired) electrons. The average Bonchev–Trinajstić information content (AvgIpc) is 2.63. The summed E-state index contributed by atoms with van der Waals surface area (Å²) in [5, 5.41) is 0. The molecule has 2 aromatic rings. The third kappa shape index (κ3) is 7.89. The molecule has 0 aliphatic carbocycles. The van der Waals surface area contributed by atoms with Crippen LogP contribution in [-0.4, -0.2) is 31.3 Å². The van der Waals surface area contributed by atoms with Crippen LogP contribution < -0.4 is 9.47 Å². The number of rotatable bonds is 7. The Balaban J connectivity index is 2.27. The van der Waals surface area contributed by atoms with Gasteiger partial charge in [-0.2, -0.15) is 26.3 Å². The molecule has 0 atom stereocenters. The van der Waals surface area contributed by atoms with Crippen LogP contribution in [0, 0.1) is 6.92 Å². The van der Waals surface area contributed by atoms with E-state index in [0.717, 1.165) is 29.8 Å². The Hall–Kier alpha value is -2.97. The van der Waals surface area contributed by atoms with Gasteiger partial charge in [-0.1, -0.05) is 35.9 Å². The van der Waals surface area contributed by atoms with Crippen molar-refractivity contribution in [2.75, 3.05) is 13.2 Å². The van der Waals surface area contributed by atoms with Gasteiger partial charge in [-0.05, 0) is 36.8 Å². The molecular weight excluding hydrogens is 402 g/mol. The van der Waals surface area contributed by atoms with Gasteiger partial charge in [0.1, 0.15) is 11.5 Å². The monoisotopic (exact) mass is 418 g/mol. The number of alkyl halides is 6. The Labute approximate surface area is 162 Å². The number of allylic oxidation sites excluding steroid dienone is 1. The molecule has 29 heavy (non-hydrogen) atoms. The Kier molecular flexibility index (Phi) is 6.94. The number of carbonyl (C=O) groups is 1. The van der Waals surface area contributed by atoms with Crippen molar-refractivity contribution in [3.63, 3.8) is 0 Å². The second-order valence-electron chi connectivity index (χ2n) is 6.07. The molecule has 2 aromatic carbocycles. The van der Waals surface area contributed by atoms with Crippen molar-refractivity contribution in [2.45, 2.75) is 19.3 Å². The lowest BCUT2D eigenvalue weighted by Gasteiger charge is -2.14. The van der Waals surface area contributed by atoms with Gasteiger partial charge in [0.25, 0.3) is 0 Å². The molecule has 0 fully saturated rings. The Morgan fingerprint density at radius 2 is 1.48 bits per heavy atom. The standard InChI is InChI=1S/C20H16F6O3/c1-13-2-4-14(5-3-13)6-8-17(27)16-10-15(28-11-19(21,22)23)7-9-18(16)29-12-20(24,25)26/h2-10H,11-12H2,1H3/b8-6+. The maximum absolute atomic E-state index is 12.5. The minimum absolute atomic E-state index is 0.325. The Morgan fingerprint density at radius 1 is 0.897 bits per heavy atom. The number of aryl methyl sites for hydroxylation is 1. The van der Waals surface area contributed by atoms with Gasteiger partial charge in [0.05, 0.1) is 5.56 Å². The van der Waals surface area contributed by atoms with E-state index in [1.165, 1.54) is 6.08 Å². The van der Waals surface area contributed by atoms with Crippen molar-refractivity contribution in [1.82, 2.24) is 0 Å². The molecule has 0 saturated heterocycles. The predicted octanol–water partition coefficient (Wildman–Crippen LogP) is 5.77. The second kappa shape index (κ2) is 9.02. The van der Waals surface area contributed by atoms with Gasteiger partial charge in [-0.25, -0.2) is 0 Å². The number of carbonyl (C=O) groups excluding carboxylic acids is 1. The van der Waals surface area contributed by atoms with E-state index in [1.807, 2.05) is 6.92 Å². The van der Waals surface area contributed by atoms with E-state index in [2.05, 4.69) is 9.47 Å². The first kappa shape index (κ1) is 22.3. The Bertz CT molecular complexity index is 867. The number of halogens is 6. The molecule has 0 unspecified atom stereocenters. The van der Waals surface area contributed by atoms with E-state index >= 15 is 0 Å². The quantitative estimate of drug-likeness (QED) is 0.325. The maximum atomic E-state index is 12.5. The highest BCUT2D eigenvalue weighted by Gasteiger charge is 2.30. The zero-order valence-corrected chi connectivity index (χ0v) is 15.1. The van der Waals surface area contributed by atoms with Crippen molar-refractivity contribution in [2.24, 2.45) is 0 Å². The predicted molar refractivity (Wildman–Crippen MR) is 94.1 cm³/mol. The third-order valence-corrected chi connectivity index (χ3v) is 3.51. The molecule has 0 saturated carbocycles. The summed E-state index contributed by atoms with van der Waals surface area (Å²) in [6.45, 7) is -1.39. The summed E-state index contributed by atoms with van der Waals surface area (Å²) >= 11 is 0. The normalized spacial score (nSPS) is 12.2. The van der Waals surface area contributed by atoms with Crippen LogP contribution in [0.5, 0.6) is 11.5 Å². The fourth-order valence-electron chi connectivity index (χ4n) is 2.18. The maximum Gasteiger partial charge on any atom is 0.422 e. The topological polar surface area (TPSA) is 35.5 Å². The molecule has 2 rings (SSSR count). The summed E-state index contributed by atoms with van der Waals surface area (Å²) in [6.07, 6.45) is -6.74. The smallest absolute Gasteiger partial charge is 0.422 e. The van der Waals surface area contributed by atoms with Gasteiger partial charge >= 0.3 is 12.4 Å². The van der Waals surface area contributed by atoms with Crippen molar-refractivity contribution in [3.8, 4) is 11.5 Å². The van der Waals surface area contributed by atoms with Crippen LogP contribution in [0.25, 0.3) is 6.08 Å². The molecule has 0 bridgehead atoms. The van der Waals surface area contributed by atoms with Crippen LogP contribution in [0.4, 0.5) is 26.3 Å². The number of hydrogen-bond donors (Lipinski definition) is 0. The van der Waals surface area contributed by atoms with Crippen LogP contribution in [-0.2, 0) is 0 Å². The molecule has 0 N–H and O–H groups in total. The number of hydrogen-bond acceptors (Lipinski definition) is 3. The summed E-state index contributed by atoms with van der Waals surface area (Å²) in [4.78, 5) is 12.5. The first-order valence-electron chi connectivity index (χ1n) is 8.25. The largest absolute Gasteiger partial charge is 0.484 e. The summed E-state index contributed by atoms with van der Waals surface area (Å²) in [7, 11) is 0. The zero-order chi connectivity index (χ0) is 21.7. The molecule has 0 aromatic heterocycles. The van der Waals surface area contributed by atoms with Crippen LogP contribution in [0.2, 0.25) is 0 Å². The lowest BCUT2D eigenvalue weighted by molar-refractivity contribution is -0.154. The van der Waals surface area contributed by atoms with E-state index in [4.69, 9.17) is 0 Å². The van der Waals surface area contributed by atoms with Crippen LogP contribution >= 0.6 is 0 Å². The fourth-order valence-corrected chi connectivity index (χ4v) is 2.18. The average molecular weight is 418 g/mol. The van der Waals surface area contributed by atoms with Crippen molar-refractivity contribution >= 4 is 11.9 Å². The van der Waals surface area contributed by atoms with Crippen LogP contribution in [0.1, 0.15) is 21.5 Å². The summed E-state index contributed by atoms with van der Waals surface area (Å²) in [6, 6.07) is 9.93. The number of ether oxygens (including phenoxy) is 2. The van der Waals surface area contributed by atoms with E-state index in [-0.39, 0.29) is 11.3 Å². The van der Waals surface area contributed by atoms with E-state index in [9.17, 15) is 31.1 Å². The molecule has 9 heteroatoms. The minimum Gasteiger partial charge on any atom is -0.484 e. The number of benzene rings is 2. The lowest BCUT2D eigenvalue weighted by Crippen LogP contribution is -2.21. The minimum atomic E-state index is -4.65. The highest BCUT2D eigenvalue weighted by Crippen LogP contribution is 2.28. The molecule has 0 heterocycles. The highest BCUT2D eigenvalue weighted by atomic mass is 19.4. The lowest BCUT2D eigenvalue weighted by atomic mass is 10.1. The van der Waals surface area contributed by atoms with Gasteiger partial charge in [0, 0.05) is 0 Å². The van der Waals surface area contributed by atoms with Crippen molar-refractivity contribution < 1.29 is 40.6 Å². The van der Waals surface area contributed by atoms with E-state index in [0.29, 0.717) is 5.56 Å². The second-order valence-corrected chi connectivity index (χ2v) is 6.07.